The molecule has 20 heavy (non-hydrogen) atoms. The van der Waals surface area contributed by atoms with Crippen molar-refractivity contribution in [2.75, 3.05) is 31.3 Å². The molecule has 0 aromatic heterocycles. The van der Waals surface area contributed by atoms with E-state index in [0.29, 0.717) is 11.7 Å². The van der Waals surface area contributed by atoms with E-state index in [1.165, 1.54) is 24.3 Å². The van der Waals surface area contributed by atoms with Crippen LogP contribution in [0.4, 0.5) is 0 Å². The number of carbonyl (C=O) groups is 1. The van der Waals surface area contributed by atoms with Gasteiger partial charge in [0, 0.05) is 32.2 Å². The molecule has 0 aromatic carbocycles. The Labute approximate surface area is 126 Å². The Morgan fingerprint density at radius 1 is 1.10 bits per heavy atom. The van der Waals surface area contributed by atoms with Crippen LogP contribution in [-0.2, 0) is 14.3 Å². The first-order valence-electron chi connectivity index (χ1n) is 8.10. The van der Waals surface area contributed by atoms with E-state index in [4.69, 9.17) is 9.47 Å². The lowest BCUT2D eigenvalue weighted by Gasteiger charge is -2.43. The zero-order valence-corrected chi connectivity index (χ0v) is 13.1. The Kier molecular flexibility index (Phi) is 5.05. The van der Waals surface area contributed by atoms with Gasteiger partial charge in [0.25, 0.3) is 0 Å². The number of ketones is 1. The summed E-state index contributed by atoms with van der Waals surface area (Å²) in [5, 5.41) is 0. The van der Waals surface area contributed by atoms with Gasteiger partial charge in [0.2, 0.25) is 0 Å². The van der Waals surface area contributed by atoms with Crippen molar-refractivity contribution in [2.24, 2.45) is 11.8 Å². The number of rotatable bonds is 3. The van der Waals surface area contributed by atoms with Gasteiger partial charge in [-0.25, -0.2) is 0 Å². The van der Waals surface area contributed by atoms with Crippen LogP contribution in [0.3, 0.4) is 0 Å². The van der Waals surface area contributed by atoms with Crippen molar-refractivity contribution in [1.29, 1.82) is 0 Å². The standard InChI is InChI=1S/C16H26O3S/c17-15(11-13-2-9-20-10-3-13)14-1-6-19-16(12-14)4-7-18-8-5-16/h13-14H,1-12H2. The minimum absolute atomic E-state index is 0.0424. The Hall–Kier alpha value is -0.0600. The van der Waals surface area contributed by atoms with Gasteiger partial charge in [0.15, 0.2) is 0 Å². The Morgan fingerprint density at radius 3 is 2.60 bits per heavy atom. The van der Waals surface area contributed by atoms with Crippen molar-refractivity contribution in [1.82, 2.24) is 0 Å². The summed E-state index contributed by atoms with van der Waals surface area (Å²) >= 11 is 2.03. The molecule has 1 unspecified atom stereocenters. The van der Waals surface area contributed by atoms with E-state index in [-0.39, 0.29) is 11.5 Å². The molecule has 3 fully saturated rings. The highest BCUT2D eigenvalue weighted by atomic mass is 32.2. The molecule has 0 amide bonds. The number of thioether (sulfide) groups is 1. The molecular weight excluding hydrogens is 272 g/mol. The first-order chi connectivity index (χ1) is 9.77. The third kappa shape index (κ3) is 3.58. The molecule has 3 rings (SSSR count). The average molecular weight is 298 g/mol. The second-order valence-corrected chi connectivity index (χ2v) is 7.78. The SMILES string of the molecule is O=C(CC1CCSCC1)C1CCOC2(CCOCC2)C1. The van der Waals surface area contributed by atoms with Crippen molar-refractivity contribution in [3.05, 3.63) is 0 Å². The fourth-order valence-electron chi connectivity index (χ4n) is 3.80. The highest BCUT2D eigenvalue weighted by Crippen LogP contribution is 2.38. The molecule has 3 aliphatic heterocycles. The van der Waals surface area contributed by atoms with Gasteiger partial charge in [-0.05, 0) is 55.9 Å². The topological polar surface area (TPSA) is 35.5 Å². The molecular formula is C16H26O3S. The summed E-state index contributed by atoms with van der Waals surface area (Å²) in [6.07, 6.45) is 7.10. The summed E-state index contributed by atoms with van der Waals surface area (Å²) in [5.41, 5.74) is -0.0424. The second-order valence-electron chi connectivity index (χ2n) is 6.56. The minimum Gasteiger partial charge on any atom is -0.381 e. The smallest absolute Gasteiger partial charge is 0.136 e. The Morgan fingerprint density at radius 2 is 1.85 bits per heavy atom. The third-order valence-corrected chi connectivity index (χ3v) is 6.23. The van der Waals surface area contributed by atoms with Crippen LogP contribution in [0, 0.1) is 11.8 Å². The first-order valence-corrected chi connectivity index (χ1v) is 9.25. The predicted molar refractivity (Wildman–Crippen MR) is 81.1 cm³/mol. The predicted octanol–water partition coefficient (Wildman–Crippen LogP) is 3.06. The van der Waals surface area contributed by atoms with Crippen LogP contribution in [0.25, 0.3) is 0 Å². The average Bonchev–Trinajstić information content (AvgIpc) is 2.49. The van der Waals surface area contributed by atoms with Gasteiger partial charge in [0.1, 0.15) is 5.78 Å². The molecule has 0 aromatic rings. The number of ether oxygens (including phenoxy) is 2. The highest BCUT2D eigenvalue weighted by molar-refractivity contribution is 7.99. The molecule has 0 N–H and O–H groups in total. The molecule has 0 radical (unpaired) electrons. The van der Waals surface area contributed by atoms with Crippen LogP contribution in [0.2, 0.25) is 0 Å². The van der Waals surface area contributed by atoms with Crippen molar-refractivity contribution >= 4 is 17.5 Å². The minimum atomic E-state index is -0.0424. The van der Waals surface area contributed by atoms with Crippen molar-refractivity contribution in [3.8, 4) is 0 Å². The van der Waals surface area contributed by atoms with E-state index in [0.717, 1.165) is 51.9 Å². The molecule has 3 heterocycles. The van der Waals surface area contributed by atoms with Gasteiger partial charge in [-0.3, -0.25) is 4.79 Å². The van der Waals surface area contributed by atoms with Crippen LogP contribution in [0.1, 0.15) is 44.9 Å². The van der Waals surface area contributed by atoms with Crippen LogP contribution < -0.4 is 0 Å². The normalized spacial score (nSPS) is 31.3. The molecule has 3 nitrogen and oxygen atoms in total. The van der Waals surface area contributed by atoms with Crippen LogP contribution >= 0.6 is 11.8 Å². The maximum atomic E-state index is 12.6. The lowest BCUT2D eigenvalue weighted by Crippen LogP contribution is -2.46. The highest BCUT2D eigenvalue weighted by Gasteiger charge is 2.41. The largest absolute Gasteiger partial charge is 0.381 e. The summed E-state index contributed by atoms with van der Waals surface area (Å²) in [7, 11) is 0. The lowest BCUT2D eigenvalue weighted by molar-refractivity contribution is -0.157. The Bertz CT molecular complexity index is 327. The van der Waals surface area contributed by atoms with Gasteiger partial charge in [-0.2, -0.15) is 11.8 Å². The fourth-order valence-corrected chi connectivity index (χ4v) is 5.00. The van der Waals surface area contributed by atoms with Crippen molar-refractivity contribution < 1.29 is 14.3 Å². The maximum absolute atomic E-state index is 12.6. The van der Waals surface area contributed by atoms with Crippen molar-refractivity contribution in [3.63, 3.8) is 0 Å². The van der Waals surface area contributed by atoms with Gasteiger partial charge in [-0.15, -0.1) is 0 Å². The van der Waals surface area contributed by atoms with E-state index in [1.807, 2.05) is 11.8 Å². The monoisotopic (exact) mass is 298 g/mol. The molecule has 4 heteroatoms. The first kappa shape index (κ1) is 14.9. The molecule has 0 saturated carbocycles. The van der Waals surface area contributed by atoms with Crippen LogP contribution in [0.15, 0.2) is 0 Å². The number of Topliss-reactive ketones (excluding diaryl/α,β-unsaturated/α-hetero) is 1. The van der Waals surface area contributed by atoms with Gasteiger partial charge < -0.3 is 9.47 Å². The maximum Gasteiger partial charge on any atom is 0.136 e. The summed E-state index contributed by atoms with van der Waals surface area (Å²) in [5.74, 6) is 3.89. The summed E-state index contributed by atoms with van der Waals surface area (Å²) < 4.78 is 11.5. The molecule has 0 aliphatic carbocycles. The quantitative estimate of drug-likeness (QED) is 0.802. The zero-order valence-electron chi connectivity index (χ0n) is 12.3. The molecule has 114 valence electrons. The van der Waals surface area contributed by atoms with E-state index in [1.54, 1.807) is 0 Å². The second kappa shape index (κ2) is 6.80. The lowest BCUT2D eigenvalue weighted by atomic mass is 9.77. The van der Waals surface area contributed by atoms with Crippen LogP contribution in [-0.4, -0.2) is 42.7 Å². The van der Waals surface area contributed by atoms with Gasteiger partial charge in [0.05, 0.1) is 5.60 Å². The molecule has 3 saturated heterocycles. The van der Waals surface area contributed by atoms with Gasteiger partial charge >= 0.3 is 0 Å². The summed E-state index contributed by atoms with van der Waals surface area (Å²) in [4.78, 5) is 12.6. The summed E-state index contributed by atoms with van der Waals surface area (Å²) in [6, 6.07) is 0. The molecule has 1 atom stereocenters. The molecule has 0 bridgehead atoms. The van der Waals surface area contributed by atoms with Gasteiger partial charge in [-0.1, -0.05) is 0 Å². The van der Waals surface area contributed by atoms with E-state index in [2.05, 4.69) is 0 Å². The van der Waals surface area contributed by atoms with E-state index < -0.39 is 0 Å². The summed E-state index contributed by atoms with van der Waals surface area (Å²) in [6.45, 7) is 2.35. The van der Waals surface area contributed by atoms with E-state index in [9.17, 15) is 4.79 Å². The Balaban J connectivity index is 1.54. The fraction of sp³-hybridized carbons (Fsp3) is 0.938. The third-order valence-electron chi connectivity index (χ3n) is 5.18. The van der Waals surface area contributed by atoms with E-state index >= 15 is 0 Å². The zero-order chi connectivity index (χ0) is 13.8. The van der Waals surface area contributed by atoms with Crippen LogP contribution in [0.5, 0.6) is 0 Å². The number of carbonyl (C=O) groups excluding carboxylic acids is 1. The number of hydrogen-bond donors (Lipinski definition) is 0. The molecule has 1 spiro atoms. The van der Waals surface area contributed by atoms with Crippen molar-refractivity contribution in [2.45, 2.75) is 50.5 Å². The number of hydrogen-bond acceptors (Lipinski definition) is 4. The molecule has 3 aliphatic rings.